The van der Waals surface area contributed by atoms with Crippen LogP contribution in [0.15, 0.2) is 29.6 Å². The van der Waals surface area contributed by atoms with Crippen LogP contribution >= 0.6 is 11.3 Å². The number of hydrogen-bond acceptors (Lipinski definition) is 4. The molecule has 1 aliphatic rings. The normalized spacial score (nSPS) is 16.1. The molecule has 2 N–H and O–H groups in total. The SMILES string of the molecule is NCc1nc(CN2CCCc3ccccc3C2)cs1. The Morgan fingerprint density at radius 2 is 2.11 bits per heavy atom. The van der Waals surface area contributed by atoms with Crippen LogP contribution in [0.25, 0.3) is 0 Å². The number of nitrogens with zero attached hydrogens (tertiary/aromatic N) is 2. The molecule has 1 aromatic carbocycles. The summed E-state index contributed by atoms with van der Waals surface area (Å²) in [5.41, 5.74) is 9.75. The van der Waals surface area contributed by atoms with Crippen LogP contribution in [0, 0.1) is 0 Å². The number of thiazole rings is 1. The van der Waals surface area contributed by atoms with Gasteiger partial charge in [0.25, 0.3) is 0 Å². The number of fused-ring (bicyclic) bond motifs is 1. The number of hydrogen-bond donors (Lipinski definition) is 1. The van der Waals surface area contributed by atoms with Gasteiger partial charge in [0.1, 0.15) is 5.01 Å². The number of nitrogens with two attached hydrogens (primary N) is 1. The number of aromatic nitrogens is 1. The molecule has 0 bridgehead atoms. The Balaban J connectivity index is 1.72. The number of rotatable bonds is 3. The molecule has 4 heteroatoms. The van der Waals surface area contributed by atoms with Gasteiger partial charge in [-0.25, -0.2) is 4.98 Å². The van der Waals surface area contributed by atoms with E-state index in [1.54, 1.807) is 11.3 Å². The summed E-state index contributed by atoms with van der Waals surface area (Å²) >= 11 is 1.67. The summed E-state index contributed by atoms with van der Waals surface area (Å²) < 4.78 is 0. The summed E-state index contributed by atoms with van der Waals surface area (Å²) in [7, 11) is 0. The second-order valence-corrected chi connectivity index (χ2v) is 5.96. The highest BCUT2D eigenvalue weighted by atomic mass is 32.1. The Labute approximate surface area is 118 Å². The zero-order chi connectivity index (χ0) is 13.1. The van der Waals surface area contributed by atoms with Crippen molar-refractivity contribution in [3.63, 3.8) is 0 Å². The molecule has 2 aromatic rings. The quantitative estimate of drug-likeness (QED) is 0.934. The van der Waals surface area contributed by atoms with Crippen molar-refractivity contribution in [2.75, 3.05) is 6.54 Å². The number of benzene rings is 1. The van der Waals surface area contributed by atoms with Gasteiger partial charge in [0.2, 0.25) is 0 Å². The fourth-order valence-electron chi connectivity index (χ4n) is 2.65. The van der Waals surface area contributed by atoms with Crippen LogP contribution in [0.3, 0.4) is 0 Å². The minimum absolute atomic E-state index is 0.549. The lowest BCUT2D eigenvalue weighted by molar-refractivity contribution is 0.258. The van der Waals surface area contributed by atoms with Crippen molar-refractivity contribution in [3.05, 3.63) is 51.5 Å². The Kier molecular flexibility index (Phi) is 3.92. The van der Waals surface area contributed by atoms with Crippen molar-refractivity contribution in [3.8, 4) is 0 Å². The van der Waals surface area contributed by atoms with E-state index >= 15 is 0 Å². The van der Waals surface area contributed by atoms with Crippen molar-refractivity contribution in [2.45, 2.75) is 32.5 Å². The van der Waals surface area contributed by atoms with Crippen LogP contribution in [0.4, 0.5) is 0 Å². The molecule has 0 aliphatic carbocycles. The highest BCUT2D eigenvalue weighted by Gasteiger charge is 2.15. The molecule has 1 aliphatic heterocycles. The minimum Gasteiger partial charge on any atom is -0.325 e. The van der Waals surface area contributed by atoms with Crippen molar-refractivity contribution in [2.24, 2.45) is 5.73 Å². The maximum absolute atomic E-state index is 5.62. The fraction of sp³-hybridized carbons (Fsp3) is 0.400. The summed E-state index contributed by atoms with van der Waals surface area (Å²) in [6, 6.07) is 8.79. The Hall–Kier alpha value is -1.23. The molecule has 0 spiro atoms. The van der Waals surface area contributed by atoms with Gasteiger partial charge < -0.3 is 5.73 Å². The summed E-state index contributed by atoms with van der Waals surface area (Å²) in [4.78, 5) is 7.05. The Bertz CT molecular complexity index is 550. The third kappa shape index (κ3) is 3.03. The number of aryl methyl sites for hydroxylation is 1. The van der Waals surface area contributed by atoms with E-state index in [-0.39, 0.29) is 0 Å². The first-order valence-electron chi connectivity index (χ1n) is 6.77. The van der Waals surface area contributed by atoms with Gasteiger partial charge in [-0.2, -0.15) is 0 Å². The summed E-state index contributed by atoms with van der Waals surface area (Å²) in [6.45, 7) is 3.66. The van der Waals surface area contributed by atoms with Gasteiger partial charge in [-0.05, 0) is 30.5 Å². The van der Waals surface area contributed by atoms with Gasteiger partial charge in [0.05, 0.1) is 5.69 Å². The third-order valence-corrected chi connectivity index (χ3v) is 4.51. The van der Waals surface area contributed by atoms with Gasteiger partial charge in [0.15, 0.2) is 0 Å². The van der Waals surface area contributed by atoms with E-state index < -0.39 is 0 Å². The van der Waals surface area contributed by atoms with E-state index in [1.165, 1.54) is 24.0 Å². The largest absolute Gasteiger partial charge is 0.325 e. The molecule has 0 fully saturated rings. The third-order valence-electron chi connectivity index (χ3n) is 3.59. The molecule has 0 saturated carbocycles. The van der Waals surface area contributed by atoms with Crippen molar-refractivity contribution in [1.29, 1.82) is 0 Å². The molecule has 0 saturated heterocycles. The first-order valence-corrected chi connectivity index (χ1v) is 7.65. The smallest absolute Gasteiger partial charge is 0.106 e. The average molecular weight is 273 g/mol. The molecule has 19 heavy (non-hydrogen) atoms. The maximum atomic E-state index is 5.62. The van der Waals surface area contributed by atoms with Crippen molar-refractivity contribution < 1.29 is 0 Å². The van der Waals surface area contributed by atoms with Crippen LogP contribution < -0.4 is 5.73 Å². The fourth-order valence-corrected chi connectivity index (χ4v) is 3.31. The molecule has 0 radical (unpaired) electrons. The molecule has 3 rings (SSSR count). The monoisotopic (exact) mass is 273 g/mol. The molecular formula is C15H19N3S. The van der Waals surface area contributed by atoms with Crippen LogP contribution in [-0.2, 0) is 26.1 Å². The maximum Gasteiger partial charge on any atom is 0.106 e. The van der Waals surface area contributed by atoms with E-state index in [1.807, 2.05) is 0 Å². The highest BCUT2D eigenvalue weighted by Crippen LogP contribution is 2.20. The van der Waals surface area contributed by atoms with Crippen molar-refractivity contribution in [1.82, 2.24) is 9.88 Å². The van der Waals surface area contributed by atoms with Gasteiger partial charge in [0, 0.05) is 25.0 Å². The molecule has 0 atom stereocenters. The Morgan fingerprint density at radius 3 is 2.89 bits per heavy atom. The molecule has 0 amide bonds. The van der Waals surface area contributed by atoms with E-state index in [0.717, 1.165) is 30.3 Å². The van der Waals surface area contributed by atoms with Gasteiger partial charge in [-0.15, -0.1) is 11.3 Å². The molecule has 3 nitrogen and oxygen atoms in total. The average Bonchev–Trinajstić information content (AvgIpc) is 2.78. The zero-order valence-electron chi connectivity index (χ0n) is 11.0. The van der Waals surface area contributed by atoms with E-state index in [4.69, 9.17) is 5.73 Å². The second kappa shape index (κ2) is 5.82. The van der Waals surface area contributed by atoms with Gasteiger partial charge in [-0.1, -0.05) is 24.3 Å². The van der Waals surface area contributed by atoms with Crippen LogP contribution in [-0.4, -0.2) is 16.4 Å². The first kappa shape index (κ1) is 12.8. The van der Waals surface area contributed by atoms with Crippen molar-refractivity contribution >= 4 is 11.3 Å². The zero-order valence-corrected chi connectivity index (χ0v) is 11.8. The lowest BCUT2D eigenvalue weighted by atomic mass is 10.0. The predicted molar refractivity (Wildman–Crippen MR) is 78.9 cm³/mol. The van der Waals surface area contributed by atoms with E-state index in [9.17, 15) is 0 Å². The van der Waals surface area contributed by atoms with Gasteiger partial charge >= 0.3 is 0 Å². The van der Waals surface area contributed by atoms with Crippen LogP contribution in [0.5, 0.6) is 0 Å². The second-order valence-electron chi connectivity index (χ2n) is 5.02. The molecule has 2 heterocycles. The highest BCUT2D eigenvalue weighted by molar-refractivity contribution is 7.09. The topological polar surface area (TPSA) is 42.1 Å². The van der Waals surface area contributed by atoms with E-state index in [2.05, 4.69) is 39.5 Å². The first-order chi connectivity index (χ1) is 9.35. The summed E-state index contributed by atoms with van der Waals surface area (Å²) in [5, 5.41) is 3.17. The van der Waals surface area contributed by atoms with Crippen LogP contribution in [0.1, 0.15) is 28.2 Å². The standard InChI is InChI=1S/C15H19N3S/c16-8-15-17-14(11-19-15)10-18-7-3-6-12-4-1-2-5-13(12)9-18/h1-2,4-5,11H,3,6-10,16H2. The molecular weight excluding hydrogens is 254 g/mol. The molecule has 0 unspecified atom stereocenters. The lowest BCUT2D eigenvalue weighted by Crippen LogP contribution is -2.23. The minimum atomic E-state index is 0.549. The predicted octanol–water partition coefficient (Wildman–Crippen LogP) is 2.55. The Morgan fingerprint density at radius 1 is 1.26 bits per heavy atom. The van der Waals surface area contributed by atoms with Crippen LogP contribution in [0.2, 0.25) is 0 Å². The lowest BCUT2D eigenvalue weighted by Gasteiger charge is -2.19. The summed E-state index contributed by atoms with van der Waals surface area (Å²) in [5.74, 6) is 0. The van der Waals surface area contributed by atoms with E-state index in [0.29, 0.717) is 6.54 Å². The summed E-state index contributed by atoms with van der Waals surface area (Å²) in [6.07, 6.45) is 2.42. The van der Waals surface area contributed by atoms with Gasteiger partial charge in [-0.3, -0.25) is 4.90 Å². The molecule has 100 valence electrons. The molecule has 1 aromatic heterocycles.